The molecule has 0 amide bonds. The standard InChI is InChI=1S/C27H40O5/c1-16(28)26-10-6-5-7-18(26)13-22-20-14-23(30)27(31)15-19(32-17(2)29)8-11-25(27,4)21(20)9-12-24(22,26)3/h18-22,31H,5-15H2,1-4H3/t18?,19?,20?,21?,22?,24?,25?,26?,27-/m0/s1. The van der Waals surface area contributed by atoms with E-state index in [4.69, 9.17) is 4.74 Å². The monoisotopic (exact) mass is 444 g/mol. The fourth-order valence-corrected chi connectivity index (χ4v) is 10.1. The molecular formula is C27H40O5. The first-order valence-electron chi connectivity index (χ1n) is 12.9. The van der Waals surface area contributed by atoms with Crippen LogP contribution in [-0.2, 0) is 19.1 Å². The lowest BCUT2D eigenvalue weighted by molar-refractivity contribution is -0.219. The van der Waals surface area contributed by atoms with Crippen molar-refractivity contribution in [3.05, 3.63) is 0 Å². The van der Waals surface area contributed by atoms with Gasteiger partial charge < -0.3 is 9.84 Å². The van der Waals surface area contributed by atoms with Crippen molar-refractivity contribution in [2.24, 2.45) is 39.9 Å². The van der Waals surface area contributed by atoms with Crippen molar-refractivity contribution in [3.63, 3.8) is 0 Å². The van der Waals surface area contributed by atoms with Crippen LogP contribution in [0.4, 0.5) is 0 Å². The predicted molar refractivity (Wildman–Crippen MR) is 120 cm³/mol. The van der Waals surface area contributed by atoms with E-state index in [1.165, 1.54) is 13.3 Å². The Morgan fingerprint density at radius 2 is 1.69 bits per heavy atom. The molecule has 8 unspecified atom stereocenters. The van der Waals surface area contributed by atoms with Gasteiger partial charge in [-0.15, -0.1) is 0 Å². The van der Waals surface area contributed by atoms with Gasteiger partial charge in [-0.2, -0.15) is 0 Å². The number of carbonyl (C=O) groups is 3. The zero-order chi connectivity index (χ0) is 23.1. The zero-order valence-corrected chi connectivity index (χ0v) is 20.2. The molecule has 5 heteroatoms. The number of Topliss-reactive ketones (excluding diaryl/α,β-unsaturated/α-hetero) is 2. The fraction of sp³-hybridized carbons (Fsp3) is 0.889. The average molecular weight is 445 g/mol. The molecular weight excluding hydrogens is 404 g/mol. The Labute approximate surface area is 192 Å². The number of esters is 1. The molecule has 32 heavy (non-hydrogen) atoms. The third kappa shape index (κ3) is 2.63. The minimum Gasteiger partial charge on any atom is -0.462 e. The number of carbonyl (C=O) groups excluding carboxylic acids is 3. The number of aliphatic hydroxyl groups is 1. The quantitative estimate of drug-likeness (QED) is 0.628. The maximum absolute atomic E-state index is 13.6. The Hall–Kier alpha value is -1.23. The van der Waals surface area contributed by atoms with Crippen molar-refractivity contribution in [2.75, 3.05) is 0 Å². The second-order valence-corrected chi connectivity index (χ2v) is 12.4. The molecule has 5 nitrogen and oxygen atoms in total. The lowest BCUT2D eigenvalue weighted by Gasteiger charge is -2.64. The Morgan fingerprint density at radius 1 is 0.969 bits per heavy atom. The van der Waals surface area contributed by atoms with Crippen LogP contribution in [0.25, 0.3) is 0 Å². The van der Waals surface area contributed by atoms with Crippen molar-refractivity contribution >= 4 is 17.5 Å². The van der Waals surface area contributed by atoms with Gasteiger partial charge in [-0.25, -0.2) is 0 Å². The van der Waals surface area contributed by atoms with Crippen LogP contribution in [0.15, 0.2) is 0 Å². The van der Waals surface area contributed by atoms with Gasteiger partial charge in [0.25, 0.3) is 0 Å². The summed E-state index contributed by atoms with van der Waals surface area (Å²) in [6.45, 7) is 7.70. The van der Waals surface area contributed by atoms with Crippen LogP contribution in [0.1, 0.15) is 98.3 Å². The fourth-order valence-electron chi connectivity index (χ4n) is 10.1. The number of ketones is 2. The van der Waals surface area contributed by atoms with Gasteiger partial charge in [0.1, 0.15) is 17.5 Å². The van der Waals surface area contributed by atoms with E-state index in [1.807, 2.05) is 6.92 Å². The first-order valence-corrected chi connectivity index (χ1v) is 12.9. The summed E-state index contributed by atoms with van der Waals surface area (Å²) in [5, 5.41) is 11.8. The van der Waals surface area contributed by atoms with Gasteiger partial charge in [0.05, 0.1) is 0 Å². The second kappa shape index (κ2) is 7.13. The average Bonchev–Trinajstić information content (AvgIpc) is 3.00. The third-order valence-corrected chi connectivity index (χ3v) is 11.6. The van der Waals surface area contributed by atoms with E-state index in [1.54, 1.807) is 0 Å². The lowest BCUT2D eigenvalue weighted by atomic mass is 9.41. The highest BCUT2D eigenvalue weighted by Crippen LogP contribution is 2.74. The normalized spacial score (nSPS) is 52.3. The van der Waals surface area contributed by atoms with E-state index in [0.29, 0.717) is 36.9 Å². The highest BCUT2D eigenvalue weighted by Gasteiger charge is 2.72. The number of rotatable bonds is 2. The molecule has 0 aliphatic heterocycles. The van der Waals surface area contributed by atoms with Gasteiger partial charge in [0.2, 0.25) is 0 Å². The van der Waals surface area contributed by atoms with Crippen molar-refractivity contribution in [1.29, 1.82) is 0 Å². The van der Waals surface area contributed by atoms with Crippen LogP contribution in [0.2, 0.25) is 0 Å². The number of ether oxygens (including phenoxy) is 1. The minimum absolute atomic E-state index is 0.0356. The molecule has 5 rings (SSSR count). The van der Waals surface area contributed by atoms with Crippen LogP contribution in [-0.4, -0.2) is 34.3 Å². The molecule has 5 aliphatic carbocycles. The molecule has 0 radical (unpaired) electrons. The molecule has 9 atom stereocenters. The molecule has 0 spiro atoms. The Balaban J connectivity index is 1.50. The lowest BCUT2D eigenvalue weighted by Crippen LogP contribution is -2.67. The largest absolute Gasteiger partial charge is 0.462 e. The first kappa shape index (κ1) is 22.6. The van der Waals surface area contributed by atoms with Gasteiger partial charge in [0, 0.05) is 30.6 Å². The van der Waals surface area contributed by atoms with Crippen molar-refractivity contribution in [1.82, 2.24) is 0 Å². The maximum atomic E-state index is 13.6. The van der Waals surface area contributed by atoms with Crippen LogP contribution in [0.3, 0.4) is 0 Å². The summed E-state index contributed by atoms with van der Waals surface area (Å²) < 4.78 is 5.44. The van der Waals surface area contributed by atoms with Crippen molar-refractivity contribution in [3.8, 4) is 0 Å². The SMILES string of the molecule is CC(=O)OC1CCC2(C)C3CCC4(C)C(CC5CCCCC54C(C)=O)C3CC(=O)[C@@]2(O)C1. The molecule has 5 fully saturated rings. The molecule has 0 heterocycles. The summed E-state index contributed by atoms with van der Waals surface area (Å²) in [5.41, 5.74) is -2.15. The van der Waals surface area contributed by atoms with Crippen LogP contribution >= 0.6 is 0 Å². The maximum Gasteiger partial charge on any atom is 0.302 e. The predicted octanol–water partition coefficient (Wildman–Crippen LogP) is 4.63. The van der Waals surface area contributed by atoms with E-state index < -0.39 is 11.0 Å². The van der Waals surface area contributed by atoms with E-state index in [2.05, 4.69) is 13.8 Å². The first-order chi connectivity index (χ1) is 15.0. The van der Waals surface area contributed by atoms with E-state index >= 15 is 0 Å². The highest BCUT2D eigenvalue weighted by atomic mass is 16.5. The summed E-state index contributed by atoms with van der Waals surface area (Å²) >= 11 is 0. The van der Waals surface area contributed by atoms with Gasteiger partial charge in [0.15, 0.2) is 5.78 Å². The van der Waals surface area contributed by atoms with Crippen molar-refractivity contribution < 1.29 is 24.2 Å². The Bertz CT molecular complexity index is 851. The van der Waals surface area contributed by atoms with E-state index in [0.717, 1.165) is 38.5 Å². The molecule has 0 aromatic carbocycles. The van der Waals surface area contributed by atoms with Crippen molar-refractivity contribution in [2.45, 2.75) is 110 Å². The molecule has 0 aromatic rings. The number of hydrogen-bond donors (Lipinski definition) is 1. The smallest absolute Gasteiger partial charge is 0.302 e. The second-order valence-electron chi connectivity index (χ2n) is 12.4. The van der Waals surface area contributed by atoms with E-state index in [-0.39, 0.29) is 46.9 Å². The Morgan fingerprint density at radius 3 is 2.38 bits per heavy atom. The summed E-state index contributed by atoms with van der Waals surface area (Å²) in [6.07, 6.45) is 9.23. The summed E-state index contributed by atoms with van der Waals surface area (Å²) in [4.78, 5) is 38.3. The summed E-state index contributed by atoms with van der Waals surface area (Å²) in [7, 11) is 0. The van der Waals surface area contributed by atoms with Gasteiger partial charge in [-0.3, -0.25) is 14.4 Å². The molecule has 0 aromatic heterocycles. The molecule has 5 aliphatic rings. The number of fused-ring (bicyclic) bond motifs is 7. The Kier molecular flexibility index (Phi) is 5.03. The zero-order valence-electron chi connectivity index (χ0n) is 20.2. The molecule has 0 saturated heterocycles. The van der Waals surface area contributed by atoms with Crippen LogP contribution < -0.4 is 0 Å². The van der Waals surface area contributed by atoms with Gasteiger partial charge >= 0.3 is 5.97 Å². The van der Waals surface area contributed by atoms with Gasteiger partial charge in [-0.1, -0.05) is 26.7 Å². The molecule has 5 saturated carbocycles. The highest BCUT2D eigenvalue weighted by molar-refractivity contribution is 5.90. The molecule has 178 valence electrons. The molecule has 1 N–H and O–H groups in total. The number of hydrogen-bond acceptors (Lipinski definition) is 5. The third-order valence-electron chi connectivity index (χ3n) is 11.6. The summed E-state index contributed by atoms with van der Waals surface area (Å²) in [5.74, 6) is 1.33. The van der Waals surface area contributed by atoms with Crippen LogP contribution in [0, 0.1) is 39.9 Å². The topological polar surface area (TPSA) is 80.7 Å². The van der Waals surface area contributed by atoms with Crippen LogP contribution in [0.5, 0.6) is 0 Å². The summed E-state index contributed by atoms with van der Waals surface area (Å²) in [6, 6.07) is 0. The minimum atomic E-state index is -1.41. The molecule has 0 bridgehead atoms. The van der Waals surface area contributed by atoms with Gasteiger partial charge in [-0.05, 0) is 81.0 Å². The van der Waals surface area contributed by atoms with E-state index in [9.17, 15) is 19.5 Å².